The molecule has 2 spiro atoms. The molecule has 176 valence electrons. The Morgan fingerprint density at radius 1 is 1.22 bits per heavy atom. The van der Waals surface area contributed by atoms with E-state index in [2.05, 4.69) is 39.0 Å². The highest BCUT2D eigenvalue weighted by atomic mass is 16.9. The van der Waals surface area contributed by atoms with Gasteiger partial charge < -0.3 is 28.9 Å². The fraction of sp³-hybridized carbons (Fsp3) is 0.760. The maximum atomic E-state index is 11.8. The van der Waals surface area contributed by atoms with E-state index in [1.807, 2.05) is 0 Å². The Labute approximate surface area is 189 Å². The van der Waals surface area contributed by atoms with E-state index in [0.717, 1.165) is 24.8 Å². The van der Waals surface area contributed by atoms with Gasteiger partial charge in [0.05, 0.1) is 6.10 Å². The van der Waals surface area contributed by atoms with Crippen LogP contribution in [-0.2, 0) is 23.8 Å². The summed E-state index contributed by atoms with van der Waals surface area (Å²) in [5, 5.41) is 11.8. The normalized spacial score (nSPS) is 55.2. The zero-order valence-electron chi connectivity index (χ0n) is 19.2. The Bertz CT molecular complexity index is 887. The van der Waals surface area contributed by atoms with Gasteiger partial charge in [-0.1, -0.05) is 44.6 Å². The molecule has 2 aliphatic heterocycles. The molecule has 0 aromatic carbocycles. The molecule has 7 nitrogen and oxygen atoms in total. The number of nitrogens with two attached hydrogens (primary N) is 1. The number of hydrogen-bond acceptors (Lipinski definition) is 7. The van der Waals surface area contributed by atoms with E-state index in [0.29, 0.717) is 30.8 Å². The van der Waals surface area contributed by atoms with E-state index < -0.39 is 17.5 Å². The molecule has 6 rings (SSSR count). The maximum absolute atomic E-state index is 11.8. The summed E-state index contributed by atoms with van der Waals surface area (Å²) in [5.74, 6) is 5.81. The first-order valence-electron chi connectivity index (χ1n) is 11.9. The summed E-state index contributed by atoms with van der Waals surface area (Å²) in [5.41, 5.74) is 1.32. The molecule has 7 heteroatoms. The molecule has 3 saturated carbocycles. The molecule has 0 bridgehead atoms. The lowest BCUT2D eigenvalue weighted by Gasteiger charge is -2.62. The van der Waals surface area contributed by atoms with Gasteiger partial charge in [-0.15, -0.1) is 0 Å². The van der Waals surface area contributed by atoms with Crippen molar-refractivity contribution < 1.29 is 28.9 Å². The number of ether oxygens (including phenoxy) is 4. The molecule has 0 radical (unpaired) electrons. The predicted octanol–water partition coefficient (Wildman–Crippen LogP) is 3.16. The number of fused-ring (bicyclic) bond motifs is 7. The lowest BCUT2D eigenvalue weighted by Crippen LogP contribution is -2.66. The quantitative estimate of drug-likeness (QED) is 0.473. The molecule has 5 fully saturated rings. The summed E-state index contributed by atoms with van der Waals surface area (Å²) in [7, 11) is 0. The summed E-state index contributed by atoms with van der Waals surface area (Å²) in [6, 6.07) is 0. The lowest BCUT2D eigenvalue weighted by atomic mass is 9.44. The van der Waals surface area contributed by atoms with Crippen LogP contribution >= 0.6 is 0 Å². The van der Waals surface area contributed by atoms with Crippen molar-refractivity contribution in [2.75, 3.05) is 20.2 Å². The van der Waals surface area contributed by atoms with E-state index >= 15 is 0 Å². The molecular weight excluding hydrogens is 410 g/mol. The standard InChI is InChI=1S/C25H35NO6/c1-15-8-17-18-5-7-24(25(31-14-29-24)12-28-13-30-25)23(18,3)10-20(27)21(17)22(2)6-4-16(11-32-26)9-19(15)22/h4,6,9,11,15,17-18,20-21,27H,5,7-8,10,12-14,26H2,1-3H3/b16-11+/t15-,17-,18-,20-,21+,22-,23-,24+,25?/m0/s1. The zero-order valence-corrected chi connectivity index (χ0v) is 19.2. The molecular formula is C25H35NO6. The maximum Gasteiger partial charge on any atom is 0.226 e. The molecule has 2 heterocycles. The van der Waals surface area contributed by atoms with Crippen LogP contribution in [0.5, 0.6) is 0 Å². The smallest absolute Gasteiger partial charge is 0.226 e. The highest BCUT2D eigenvalue weighted by molar-refractivity contribution is 5.45. The van der Waals surface area contributed by atoms with Gasteiger partial charge in [0.1, 0.15) is 18.5 Å². The van der Waals surface area contributed by atoms with Crippen molar-refractivity contribution in [1.29, 1.82) is 0 Å². The fourth-order valence-electron chi connectivity index (χ4n) is 8.92. The lowest BCUT2D eigenvalue weighted by molar-refractivity contribution is -0.257. The predicted molar refractivity (Wildman–Crippen MR) is 115 cm³/mol. The van der Waals surface area contributed by atoms with Gasteiger partial charge in [0, 0.05) is 22.3 Å². The Morgan fingerprint density at radius 2 is 2.03 bits per heavy atom. The second-order valence-electron chi connectivity index (χ2n) is 11.2. The van der Waals surface area contributed by atoms with Crippen LogP contribution in [0, 0.1) is 34.5 Å². The second-order valence-corrected chi connectivity index (χ2v) is 11.2. The van der Waals surface area contributed by atoms with Gasteiger partial charge in [-0.3, -0.25) is 0 Å². The van der Waals surface area contributed by atoms with E-state index in [-0.39, 0.29) is 30.3 Å². The first-order chi connectivity index (χ1) is 15.3. The van der Waals surface area contributed by atoms with Crippen LogP contribution in [0.1, 0.15) is 46.5 Å². The minimum atomic E-state index is -0.856. The Kier molecular flexibility index (Phi) is 4.60. The first-order valence-corrected chi connectivity index (χ1v) is 11.9. The molecule has 4 aliphatic carbocycles. The number of hydrogen-bond donors (Lipinski definition) is 2. The van der Waals surface area contributed by atoms with Crippen LogP contribution in [0.2, 0.25) is 0 Å². The second kappa shape index (κ2) is 6.90. The minimum Gasteiger partial charge on any atom is -0.419 e. The average Bonchev–Trinajstić information content (AvgIpc) is 3.44. The summed E-state index contributed by atoms with van der Waals surface area (Å²) >= 11 is 0. The fourth-order valence-corrected chi connectivity index (χ4v) is 8.92. The van der Waals surface area contributed by atoms with Gasteiger partial charge in [-0.25, -0.2) is 0 Å². The van der Waals surface area contributed by atoms with Crippen LogP contribution < -0.4 is 5.90 Å². The molecule has 0 aromatic rings. The molecule has 0 amide bonds. The summed E-state index contributed by atoms with van der Waals surface area (Å²) in [6.07, 6.45) is 11.3. The summed E-state index contributed by atoms with van der Waals surface area (Å²) in [6.45, 7) is 7.76. The Morgan fingerprint density at radius 3 is 2.78 bits per heavy atom. The number of aliphatic hydroxyl groups excluding tert-OH is 1. The molecule has 3 N–H and O–H groups in total. The minimum absolute atomic E-state index is 0.161. The molecule has 32 heavy (non-hydrogen) atoms. The highest BCUT2D eigenvalue weighted by Gasteiger charge is 2.76. The van der Waals surface area contributed by atoms with Gasteiger partial charge in [0.15, 0.2) is 13.6 Å². The molecule has 9 atom stereocenters. The molecule has 1 unspecified atom stereocenters. The molecule has 0 aromatic heterocycles. The van der Waals surface area contributed by atoms with Gasteiger partial charge in [0.25, 0.3) is 0 Å². The highest BCUT2D eigenvalue weighted by Crippen LogP contribution is 2.71. The van der Waals surface area contributed by atoms with E-state index in [9.17, 15) is 5.11 Å². The van der Waals surface area contributed by atoms with Crippen LogP contribution in [0.25, 0.3) is 0 Å². The third-order valence-corrected chi connectivity index (χ3v) is 10.1. The average molecular weight is 446 g/mol. The molecule has 2 saturated heterocycles. The zero-order chi connectivity index (χ0) is 22.4. The Hall–Kier alpha value is -1.22. The van der Waals surface area contributed by atoms with Gasteiger partial charge in [0.2, 0.25) is 5.79 Å². The summed E-state index contributed by atoms with van der Waals surface area (Å²) in [4.78, 5) is 4.77. The summed E-state index contributed by atoms with van der Waals surface area (Å²) < 4.78 is 24.2. The third kappa shape index (κ3) is 2.42. The van der Waals surface area contributed by atoms with Crippen LogP contribution in [-0.4, -0.2) is 42.8 Å². The monoisotopic (exact) mass is 445 g/mol. The Balaban J connectivity index is 1.40. The van der Waals surface area contributed by atoms with Crippen LogP contribution in [0.15, 0.2) is 35.6 Å². The van der Waals surface area contributed by atoms with E-state index in [4.69, 9.17) is 29.7 Å². The van der Waals surface area contributed by atoms with Crippen LogP contribution in [0.4, 0.5) is 0 Å². The molecule has 6 aliphatic rings. The van der Waals surface area contributed by atoms with E-state index in [1.165, 1.54) is 5.57 Å². The number of rotatable bonds is 1. The van der Waals surface area contributed by atoms with Crippen molar-refractivity contribution in [1.82, 2.24) is 0 Å². The van der Waals surface area contributed by atoms with Gasteiger partial charge >= 0.3 is 0 Å². The number of aliphatic hydroxyl groups is 1. The van der Waals surface area contributed by atoms with Crippen molar-refractivity contribution in [3.8, 4) is 0 Å². The van der Waals surface area contributed by atoms with E-state index in [1.54, 1.807) is 6.26 Å². The van der Waals surface area contributed by atoms with Crippen LogP contribution in [0.3, 0.4) is 0 Å². The van der Waals surface area contributed by atoms with Crippen molar-refractivity contribution in [2.24, 2.45) is 40.4 Å². The first kappa shape index (κ1) is 21.3. The van der Waals surface area contributed by atoms with Crippen molar-refractivity contribution in [3.63, 3.8) is 0 Å². The largest absolute Gasteiger partial charge is 0.419 e. The topological polar surface area (TPSA) is 92.4 Å². The van der Waals surface area contributed by atoms with Crippen molar-refractivity contribution in [2.45, 2.75) is 63.9 Å². The number of allylic oxidation sites excluding steroid dienone is 5. The van der Waals surface area contributed by atoms with Crippen molar-refractivity contribution in [3.05, 3.63) is 35.6 Å². The third-order valence-electron chi connectivity index (χ3n) is 10.1. The SMILES string of the molecule is C[C@H]1C[C@@H]2[C@H]([C@@H](O)C[C@@]3(C)[C@H]2CC[C@@]32OCOC23COCO3)[C@@]2(C)C=C/C(=C\ON)C=C12. The van der Waals surface area contributed by atoms with Crippen molar-refractivity contribution >= 4 is 0 Å². The van der Waals surface area contributed by atoms with Gasteiger partial charge in [-0.05, 0) is 43.4 Å². The van der Waals surface area contributed by atoms with Gasteiger partial charge in [-0.2, -0.15) is 5.90 Å².